The molecule has 0 saturated heterocycles. The first kappa shape index (κ1) is 16.8. The van der Waals surface area contributed by atoms with Gasteiger partial charge < -0.3 is 15.8 Å². The van der Waals surface area contributed by atoms with Crippen LogP contribution in [0.5, 0.6) is 5.75 Å². The molecular formula is C16H24N4O. The van der Waals surface area contributed by atoms with Crippen LogP contribution in [-0.4, -0.2) is 23.1 Å². The van der Waals surface area contributed by atoms with Gasteiger partial charge in [0.25, 0.3) is 0 Å². The van der Waals surface area contributed by atoms with Crippen molar-refractivity contribution >= 4 is 11.5 Å². The summed E-state index contributed by atoms with van der Waals surface area (Å²) in [6.45, 7) is 9.98. The van der Waals surface area contributed by atoms with E-state index < -0.39 is 0 Å². The van der Waals surface area contributed by atoms with E-state index >= 15 is 0 Å². The Morgan fingerprint density at radius 1 is 1.38 bits per heavy atom. The van der Waals surface area contributed by atoms with Gasteiger partial charge in [-0.3, -0.25) is 0 Å². The lowest BCUT2D eigenvalue weighted by Crippen LogP contribution is -2.23. The largest absolute Gasteiger partial charge is 0.491 e. The fraction of sp³-hybridized carbons (Fsp3) is 0.375. The number of nitrogens with zero attached hydrogens (tertiary/aromatic N) is 2. The minimum atomic E-state index is 0.257. The lowest BCUT2D eigenvalue weighted by atomic mass is 10.1. The van der Waals surface area contributed by atoms with Crippen molar-refractivity contribution in [2.45, 2.75) is 26.8 Å². The Morgan fingerprint density at radius 2 is 2.10 bits per heavy atom. The lowest BCUT2D eigenvalue weighted by molar-refractivity contribution is 0.411. The van der Waals surface area contributed by atoms with E-state index in [-0.39, 0.29) is 6.04 Å². The van der Waals surface area contributed by atoms with E-state index in [1.807, 2.05) is 0 Å². The van der Waals surface area contributed by atoms with Crippen molar-refractivity contribution in [3.05, 3.63) is 42.9 Å². The Hall–Kier alpha value is -2.30. The second-order valence-corrected chi connectivity index (χ2v) is 5.03. The third-order valence-corrected chi connectivity index (χ3v) is 3.12. The summed E-state index contributed by atoms with van der Waals surface area (Å²) in [5.74, 6) is 2.17. The summed E-state index contributed by atoms with van der Waals surface area (Å²) in [5.41, 5.74) is 6.45. The fourth-order valence-electron chi connectivity index (χ4n) is 1.46. The first-order valence-corrected chi connectivity index (χ1v) is 6.92. The molecule has 0 amide bonds. The molecule has 1 heterocycles. The zero-order chi connectivity index (χ0) is 15.8. The molecule has 1 atom stereocenters. The SMILES string of the molecule is C=C/C=C\C=C(/N)c1ncc(OC)c(NC(C)C(C)C)n1. The Morgan fingerprint density at radius 3 is 2.67 bits per heavy atom. The van der Waals surface area contributed by atoms with Gasteiger partial charge in [-0.1, -0.05) is 38.7 Å². The van der Waals surface area contributed by atoms with Crippen LogP contribution in [0.3, 0.4) is 0 Å². The van der Waals surface area contributed by atoms with Crippen molar-refractivity contribution in [3.63, 3.8) is 0 Å². The number of ether oxygens (including phenoxy) is 1. The quantitative estimate of drug-likeness (QED) is 0.755. The van der Waals surface area contributed by atoms with Crippen LogP contribution in [0.2, 0.25) is 0 Å². The van der Waals surface area contributed by atoms with E-state index in [1.165, 1.54) is 0 Å². The van der Waals surface area contributed by atoms with Crippen LogP contribution in [0, 0.1) is 5.92 Å². The van der Waals surface area contributed by atoms with Crippen LogP contribution in [0.1, 0.15) is 26.6 Å². The van der Waals surface area contributed by atoms with Crippen LogP contribution in [-0.2, 0) is 0 Å². The smallest absolute Gasteiger partial charge is 0.179 e. The number of nitrogens with one attached hydrogen (secondary N) is 1. The highest BCUT2D eigenvalue weighted by atomic mass is 16.5. The normalized spacial score (nSPS) is 13.5. The molecule has 0 aliphatic carbocycles. The summed E-state index contributed by atoms with van der Waals surface area (Å²) in [4.78, 5) is 8.66. The highest BCUT2D eigenvalue weighted by Gasteiger charge is 2.13. The van der Waals surface area contributed by atoms with Crippen LogP contribution in [0.15, 0.2) is 37.1 Å². The van der Waals surface area contributed by atoms with E-state index in [9.17, 15) is 0 Å². The second kappa shape index (κ2) is 8.09. The summed E-state index contributed by atoms with van der Waals surface area (Å²) in [6.07, 6.45) is 8.61. The Kier molecular flexibility index (Phi) is 6.46. The number of anilines is 1. The Balaban J connectivity index is 3.06. The molecule has 1 aromatic rings. The minimum absolute atomic E-state index is 0.257. The molecular weight excluding hydrogens is 264 g/mol. The second-order valence-electron chi connectivity index (χ2n) is 5.03. The number of hydrogen-bond acceptors (Lipinski definition) is 5. The first-order chi connectivity index (χ1) is 9.99. The van der Waals surface area contributed by atoms with Gasteiger partial charge in [0.1, 0.15) is 0 Å². The molecule has 0 aromatic carbocycles. The number of rotatable bonds is 7. The average molecular weight is 288 g/mol. The molecule has 0 aliphatic rings. The van der Waals surface area contributed by atoms with Crippen LogP contribution < -0.4 is 15.8 Å². The third kappa shape index (κ3) is 4.95. The molecule has 114 valence electrons. The molecule has 0 aliphatic heterocycles. The zero-order valence-corrected chi connectivity index (χ0v) is 13.1. The molecule has 21 heavy (non-hydrogen) atoms. The van der Waals surface area contributed by atoms with E-state index in [2.05, 4.69) is 42.6 Å². The van der Waals surface area contributed by atoms with Gasteiger partial charge >= 0.3 is 0 Å². The van der Waals surface area contributed by atoms with Gasteiger partial charge in [0.05, 0.1) is 19.0 Å². The van der Waals surface area contributed by atoms with Gasteiger partial charge in [0, 0.05) is 6.04 Å². The van der Waals surface area contributed by atoms with Crippen molar-refractivity contribution < 1.29 is 4.74 Å². The summed E-state index contributed by atoms with van der Waals surface area (Å²) in [5, 5.41) is 3.33. The predicted molar refractivity (Wildman–Crippen MR) is 88.0 cm³/mol. The summed E-state index contributed by atoms with van der Waals surface area (Å²) in [7, 11) is 1.59. The maximum Gasteiger partial charge on any atom is 0.179 e. The van der Waals surface area contributed by atoms with Gasteiger partial charge in [0.2, 0.25) is 0 Å². The topological polar surface area (TPSA) is 73.1 Å². The first-order valence-electron chi connectivity index (χ1n) is 6.92. The molecule has 0 saturated carbocycles. The van der Waals surface area contributed by atoms with Crippen LogP contribution in [0.4, 0.5) is 5.82 Å². The standard InChI is InChI=1S/C16H24N4O/c1-6-7-8-9-13(17)15-18-10-14(21-5)16(20-15)19-12(4)11(2)3/h6-12H,1,17H2,2-5H3,(H,18,19,20)/b8-7-,13-9-. The van der Waals surface area contributed by atoms with Crippen molar-refractivity contribution in [1.82, 2.24) is 9.97 Å². The number of nitrogens with two attached hydrogens (primary N) is 1. The molecule has 5 nitrogen and oxygen atoms in total. The number of aromatic nitrogens is 2. The zero-order valence-electron chi connectivity index (χ0n) is 13.1. The fourth-order valence-corrected chi connectivity index (χ4v) is 1.46. The molecule has 0 spiro atoms. The highest BCUT2D eigenvalue weighted by molar-refractivity contribution is 5.61. The van der Waals surface area contributed by atoms with E-state index in [0.29, 0.717) is 29.0 Å². The molecule has 1 aromatic heterocycles. The van der Waals surface area contributed by atoms with Crippen molar-refractivity contribution in [3.8, 4) is 5.75 Å². The molecule has 5 heteroatoms. The summed E-state index contributed by atoms with van der Waals surface area (Å²) in [6, 6.07) is 0.257. The molecule has 0 fully saturated rings. The molecule has 3 N–H and O–H groups in total. The highest BCUT2D eigenvalue weighted by Crippen LogP contribution is 2.23. The maximum absolute atomic E-state index is 5.97. The van der Waals surface area contributed by atoms with Gasteiger partial charge in [-0.25, -0.2) is 9.97 Å². The van der Waals surface area contributed by atoms with Crippen LogP contribution >= 0.6 is 0 Å². The van der Waals surface area contributed by atoms with Crippen molar-refractivity contribution in [2.24, 2.45) is 11.7 Å². The van der Waals surface area contributed by atoms with E-state index in [1.54, 1.807) is 37.6 Å². The van der Waals surface area contributed by atoms with Crippen molar-refractivity contribution in [2.75, 3.05) is 12.4 Å². The van der Waals surface area contributed by atoms with Gasteiger partial charge in [-0.15, -0.1) is 0 Å². The summed E-state index contributed by atoms with van der Waals surface area (Å²) < 4.78 is 5.28. The van der Waals surface area contributed by atoms with Gasteiger partial charge in [-0.2, -0.15) is 0 Å². The number of allylic oxidation sites excluding steroid dienone is 4. The Labute approximate surface area is 126 Å². The van der Waals surface area contributed by atoms with Crippen LogP contribution in [0.25, 0.3) is 5.70 Å². The predicted octanol–water partition coefficient (Wildman–Crippen LogP) is 2.98. The van der Waals surface area contributed by atoms with E-state index in [4.69, 9.17) is 10.5 Å². The molecule has 0 bridgehead atoms. The van der Waals surface area contributed by atoms with Gasteiger partial charge in [-0.05, 0) is 18.9 Å². The third-order valence-electron chi connectivity index (χ3n) is 3.12. The average Bonchev–Trinajstić information content (AvgIpc) is 2.47. The summed E-state index contributed by atoms with van der Waals surface area (Å²) >= 11 is 0. The minimum Gasteiger partial charge on any atom is -0.491 e. The molecule has 1 unspecified atom stereocenters. The van der Waals surface area contributed by atoms with Gasteiger partial charge in [0.15, 0.2) is 17.4 Å². The van der Waals surface area contributed by atoms with Crippen molar-refractivity contribution in [1.29, 1.82) is 0 Å². The molecule has 0 radical (unpaired) electrons. The number of hydrogen-bond donors (Lipinski definition) is 2. The molecule has 1 rings (SSSR count). The number of methoxy groups -OCH3 is 1. The van der Waals surface area contributed by atoms with E-state index in [0.717, 1.165) is 0 Å². The lowest BCUT2D eigenvalue weighted by Gasteiger charge is -2.19. The Bertz CT molecular complexity index is 535. The maximum atomic E-state index is 5.97. The monoisotopic (exact) mass is 288 g/mol.